The fourth-order valence-corrected chi connectivity index (χ4v) is 4.32. The topological polar surface area (TPSA) is 70.2 Å². The maximum Gasteiger partial charge on any atom is 0.276 e. The number of furan rings is 1. The smallest absolute Gasteiger partial charge is 0.276 e. The molecule has 5 rings (SSSR count). The van der Waals surface area contributed by atoms with Crippen molar-refractivity contribution in [2.24, 2.45) is 10.1 Å². The van der Waals surface area contributed by atoms with Crippen molar-refractivity contribution in [1.82, 2.24) is 10.3 Å². The van der Waals surface area contributed by atoms with Crippen LogP contribution < -0.4 is 15.9 Å². The van der Waals surface area contributed by atoms with Gasteiger partial charge in [-0.05, 0) is 36.1 Å². The van der Waals surface area contributed by atoms with E-state index in [1.165, 1.54) is 11.8 Å². The van der Waals surface area contributed by atoms with Crippen LogP contribution >= 0.6 is 23.4 Å². The van der Waals surface area contributed by atoms with Gasteiger partial charge in [0.25, 0.3) is 5.91 Å². The summed E-state index contributed by atoms with van der Waals surface area (Å²) in [6, 6.07) is 18.8. The molecule has 6 nitrogen and oxygen atoms in total. The number of benzene rings is 2. The average molecular weight is 437 g/mol. The Morgan fingerprint density at radius 3 is 2.77 bits per heavy atom. The van der Waals surface area contributed by atoms with Gasteiger partial charge in [0.1, 0.15) is 11.5 Å². The first-order valence-electron chi connectivity index (χ1n) is 9.49. The SMILES string of the molecule is CCSC1=NN2C(=c3ccccc3=N[C@@H]2c2ccc(-c3ccccc3Cl)o2)C(=O)N1. The first kappa shape index (κ1) is 19.0. The molecular formula is C22H17ClN4O2S. The summed E-state index contributed by atoms with van der Waals surface area (Å²) >= 11 is 7.80. The van der Waals surface area contributed by atoms with Crippen molar-refractivity contribution < 1.29 is 9.21 Å². The predicted octanol–water partition coefficient (Wildman–Crippen LogP) is 3.50. The van der Waals surface area contributed by atoms with Crippen LogP contribution in [0.5, 0.6) is 0 Å². The molecule has 0 unspecified atom stereocenters. The first-order chi connectivity index (χ1) is 14.7. The number of carbonyl (C=O) groups is 1. The van der Waals surface area contributed by atoms with E-state index in [-0.39, 0.29) is 5.91 Å². The molecule has 1 aromatic heterocycles. The van der Waals surface area contributed by atoms with Gasteiger partial charge in [-0.3, -0.25) is 10.1 Å². The standard InChI is InChI=1S/C22H17ClN4O2S/c1-2-30-22-25-21(28)19-14-8-4-6-10-16(14)24-20(27(19)26-22)18-12-11-17(29-18)13-7-3-5-9-15(13)23/h3-12,20H,2H2,1H3,(H,25,26,28)/t20-/m0/s1. The van der Waals surface area contributed by atoms with Crippen molar-refractivity contribution in [3.8, 4) is 11.3 Å². The largest absolute Gasteiger partial charge is 0.457 e. The normalized spacial score (nSPS) is 17.6. The Balaban J connectivity index is 1.66. The van der Waals surface area contributed by atoms with Crippen molar-refractivity contribution in [2.45, 2.75) is 13.1 Å². The van der Waals surface area contributed by atoms with Crippen molar-refractivity contribution >= 4 is 40.1 Å². The molecule has 8 heteroatoms. The lowest BCUT2D eigenvalue weighted by molar-refractivity contribution is -0.116. The lowest BCUT2D eigenvalue weighted by Gasteiger charge is -2.32. The van der Waals surface area contributed by atoms with Gasteiger partial charge in [-0.2, -0.15) is 0 Å². The van der Waals surface area contributed by atoms with E-state index in [0.29, 0.717) is 27.4 Å². The summed E-state index contributed by atoms with van der Waals surface area (Å²) in [5, 5.41) is 11.8. The zero-order valence-electron chi connectivity index (χ0n) is 16.0. The molecule has 0 bridgehead atoms. The van der Waals surface area contributed by atoms with E-state index in [9.17, 15) is 4.79 Å². The van der Waals surface area contributed by atoms with Crippen LogP contribution in [0.3, 0.4) is 0 Å². The summed E-state index contributed by atoms with van der Waals surface area (Å²) in [7, 11) is 0. The van der Waals surface area contributed by atoms with Crippen LogP contribution in [0.1, 0.15) is 18.8 Å². The molecule has 0 radical (unpaired) electrons. The summed E-state index contributed by atoms with van der Waals surface area (Å²) < 4.78 is 6.14. The maximum atomic E-state index is 13.0. The fourth-order valence-electron chi connectivity index (χ4n) is 3.51. The van der Waals surface area contributed by atoms with Crippen LogP contribution in [0.15, 0.2) is 75.2 Å². The number of hydrogen-bond acceptors (Lipinski definition) is 6. The second-order valence-corrected chi connectivity index (χ2v) is 8.35. The van der Waals surface area contributed by atoms with E-state index in [4.69, 9.17) is 21.0 Å². The van der Waals surface area contributed by atoms with E-state index >= 15 is 0 Å². The minimum atomic E-state index is -0.593. The number of amides is 1. The third-order valence-corrected chi connectivity index (χ3v) is 5.89. The number of nitrogens with zero attached hydrogens (tertiary/aromatic N) is 3. The monoisotopic (exact) mass is 436 g/mol. The lowest BCUT2D eigenvalue weighted by atomic mass is 10.1. The Labute approximate surface area is 181 Å². The minimum Gasteiger partial charge on any atom is -0.457 e. The third kappa shape index (κ3) is 3.20. The molecule has 2 aromatic carbocycles. The van der Waals surface area contributed by atoms with Gasteiger partial charge >= 0.3 is 0 Å². The zero-order valence-corrected chi connectivity index (χ0v) is 17.6. The molecule has 1 atom stereocenters. The number of thioether (sulfide) groups is 1. The Morgan fingerprint density at radius 2 is 1.93 bits per heavy atom. The summed E-state index contributed by atoms with van der Waals surface area (Å²) in [5.41, 5.74) is 1.26. The van der Waals surface area contributed by atoms with Crippen LogP contribution in [0.2, 0.25) is 5.02 Å². The van der Waals surface area contributed by atoms with Crippen molar-refractivity contribution in [3.63, 3.8) is 0 Å². The highest BCUT2D eigenvalue weighted by molar-refractivity contribution is 8.13. The van der Waals surface area contributed by atoms with Crippen LogP contribution in [-0.2, 0) is 4.79 Å². The maximum absolute atomic E-state index is 13.0. The number of hydrogen-bond donors (Lipinski definition) is 1. The quantitative estimate of drug-likeness (QED) is 0.682. The zero-order chi connectivity index (χ0) is 20.7. The van der Waals surface area contributed by atoms with Gasteiger partial charge in [0, 0.05) is 10.8 Å². The Kier molecular flexibility index (Phi) is 4.84. The van der Waals surface area contributed by atoms with E-state index in [2.05, 4.69) is 10.4 Å². The average Bonchev–Trinajstić information content (AvgIpc) is 3.23. The highest BCUT2D eigenvalue weighted by Gasteiger charge is 2.35. The summed E-state index contributed by atoms with van der Waals surface area (Å²) in [6.45, 7) is 2.01. The number of para-hydroxylation sites is 1. The van der Waals surface area contributed by atoms with Gasteiger partial charge in [-0.15, -0.1) is 5.10 Å². The summed E-state index contributed by atoms with van der Waals surface area (Å²) in [4.78, 5) is 17.8. The highest BCUT2D eigenvalue weighted by Crippen LogP contribution is 2.35. The second-order valence-electron chi connectivity index (χ2n) is 6.69. The van der Waals surface area contributed by atoms with E-state index < -0.39 is 6.17 Å². The molecule has 2 aliphatic heterocycles. The molecule has 0 spiro atoms. The minimum absolute atomic E-state index is 0.203. The van der Waals surface area contributed by atoms with Gasteiger partial charge in [-0.25, -0.2) is 10.0 Å². The Hall–Kier alpha value is -3.03. The van der Waals surface area contributed by atoms with Gasteiger partial charge in [0.05, 0.1) is 10.4 Å². The molecule has 0 fully saturated rings. The fraction of sp³-hybridized carbons (Fsp3) is 0.136. The molecule has 2 aliphatic rings. The van der Waals surface area contributed by atoms with Crippen molar-refractivity contribution in [3.05, 3.63) is 82.0 Å². The highest BCUT2D eigenvalue weighted by atomic mass is 35.5. The number of carbonyl (C=O) groups excluding carboxylic acids is 1. The van der Waals surface area contributed by atoms with Gasteiger partial charge < -0.3 is 4.42 Å². The van der Waals surface area contributed by atoms with Crippen LogP contribution in [-0.4, -0.2) is 21.8 Å². The van der Waals surface area contributed by atoms with E-state index in [1.54, 1.807) is 5.01 Å². The van der Waals surface area contributed by atoms with Gasteiger partial charge in [0.2, 0.25) is 6.17 Å². The van der Waals surface area contributed by atoms with Gasteiger partial charge in [0.15, 0.2) is 10.9 Å². The van der Waals surface area contributed by atoms with Crippen LogP contribution in [0.25, 0.3) is 17.0 Å². The molecule has 0 aliphatic carbocycles. The molecule has 0 saturated heterocycles. The molecule has 30 heavy (non-hydrogen) atoms. The molecule has 0 saturated carbocycles. The summed E-state index contributed by atoms with van der Waals surface area (Å²) in [6.07, 6.45) is -0.593. The number of halogens is 1. The molecule has 1 amide bonds. The molecule has 1 N–H and O–H groups in total. The van der Waals surface area contributed by atoms with Gasteiger partial charge in [-0.1, -0.05) is 60.6 Å². The number of nitrogens with one attached hydrogen (secondary N) is 1. The molecule has 3 aromatic rings. The molecule has 150 valence electrons. The van der Waals surface area contributed by atoms with E-state index in [1.807, 2.05) is 67.6 Å². The number of hydrazone groups is 1. The second kappa shape index (κ2) is 7.66. The molecular weight excluding hydrogens is 420 g/mol. The van der Waals surface area contributed by atoms with Crippen molar-refractivity contribution in [2.75, 3.05) is 5.75 Å². The number of fused-ring (bicyclic) bond motifs is 2. The Morgan fingerprint density at radius 1 is 1.13 bits per heavy atom. The summed E-state index contributed by atoms with van der Waals surface area (Å²) in [5.74, 6) is 1.81. The Bertz CT molecular complexity index is 1300. The molecule has 3 heterocycles. The lowest BCUT2D eigenvalue weighted by Crippen LogP contribution is -2.50. The predicted molar refractivity (Wildman–Crippen MR) is 118 cm³/mol. The van der Waals surface area contributed by atoms with Crippen LogP contribution in [0, 0.1) is 0 Å². The number of amidine groups is 1. The van der Waals surface area contributed by atoms with Crippen molar-refractivity contribution in [1.29, 1.82) is 0 Å². The first-order valence-corrected chi connectivity index (χ1v) is 10.9. The van der Waals surface area contributed by atoms with E-state index in [0.717, 1.165) is 21.9 Å². The third-order valence-electron chi connectivity index (χ3n) is 4.82. The van der Waals surface area contributed by atoms with Crippen LogP contribution in [0.4, 0.5) is 0 Å². The number of rotatable bonds is 3.